The molecule has 1 aliphatic rings. The third-order valence-corrected chi connectivity index (χ3v) is 4.80. The smallest absolute Gasteiger partial charge is 0.241 e. The third-order valence-electron chi connectivity index (χ3n) is 4.80. The summed E-state index contributed by atoms with van der Waals surface area (Å²) in [6.45, 7) is 2.19. The average molecular weight is 335 g/mol. The minimum Gasteiger partial charge on any atom is -0.386 e. The van der Waals surface area contributed by atoms with Crippen molar-refractivity contribution in [3.8, 4) is 11.1 Å². The van der Waals surface area contributed by atoms with Gasteiger partial charge in [0.1, 0.15) is 5.69 Å². The molecule has 3 N–H and O–H groups in total. The molecular weight excluding hydrogens is 314 g/mol. The van der Waals surface area contributed by atoms with Crippen molar-refractivity contribution in [2.24, 2.45) is 11.0 Å². The SMILES string of the molecule is CNc1cc(-c2ccn3nc(N[C@H](C)C4CC4)ncc23)ccc1N=N. The number of aromatic nitrogens is 3. The van der Waals surface area contributed by atoms with Gasteiger partial charge < -0.3 is 10.6 Å². The molecule has 4 rings (SSSR count). The Morgan fingerprint density at radius 3 is 2.88 bits per heavy atom. The Morgan fingerprint density at radius 1 is 1.32 bits per heavy atom. The average Bonchev–Trinajstić information content (AvgIpc) is 3.41. The zero-order valence-corrected chi connectivity index (χ0v) is 14.3. The number of anilines is 2. The molecule has 0 bridgehead atoms. The van der Waals surface area contributed by atoms with Crippen molar-refractivity contribution in [1.29, 1.82) is 5.53 Å². The Morgan fingerprint density at radius 2 is 2.16 bits per heavy atom. The van der Waals surface area contributed by atoms with Gasteiger partial charge in [-0.1, -0.05) is 6.07 Å². The summed E-state index contributed by atoms with van der Waals surface area (Å²) in [5.41, 5.74) is 11.7. The summed E-state index contributed by atoms with van der Waals surface area (Å²) in [6, 6.07) is 8.23. The van der Waals surface area contributed by atoms with Gasteiger partial charge in [0.25, 0.3) is 0 Å². The molecule has 1 saturated carbocycles. The van der Waals surface area contributed by atoms with Crippen LogP contribution in [0.3, 0.4) is 0 Å². The molecular formula is C18H21N7. The number of hydrogen-bond donors (Lipinski definition) is 3. The monoisotopic (exact) mass is 335 g/mol. The summed E-state index contributed by atoms with van der Waals surface area (Å²) < 4.78 is 1.85. The topological polar surface area (TPSA) is 90.5 Å². The van der Waals surface area contributed by atoms with E-state index < -0.39 is 0 Å². The van der Waals surface area contributed by atoms with E-state index in [4.69, 9.17) is 5.53 Å². The highest BCUT2D eigenvalue weighted by Gasteiger charge is 2.28. The van der Waals surface area contributed by atoms with Crippen LogP contribution in [0.1, 0.15) is 19.8 Å². The Bertz CT molecular complexity index is 926. The summed E-state index contributed by atoms with van der Waals surface area (Å²) in [7, 11) is 1.83. The van der Waals surface area contributed by atoms with E-state index in [-0.39, 0.29) is 0 Å². The molecule has 2 heterocycles. The standard InChI is InChI=1S/C18H21N7/c1-11(12-3-4-12)22-18-21-10-17-14(7-8-25(17)24-18)13-5-6-15(23-19)16(9-13)20-2/h5-12,19-20H,3-4H2,1-2H3,(H,22,24)/t11-/m1/s1. The second-order valence-corrected chi connectivity index (χ2v) is 6.51. The third kappa shape index (κ3) is 2.93. The first-order valence-electron chi connectivity index (χ1n) is 8.50. The predicted octanol–water partition coefficient (Wildman–Crippen LogP) is 4.31. The van der Waals surface area contributed by atoms with Crippen LogP contribution in [0.15, 0.2) is 41.8 Å². The van der Waals surface area contributed by atoms with Gasteiger partial charge in [-0.15, -0.1) is 5.10 Å². The molecule has 0 amide bonds. The quantitative estimate of drug-likeness (QED) is 0.585. The Kier molecular flexibility index (Phi) is 3.83. The lowest BCUT2D eigenvalue weighted by Gasteiger charge is -2.12. The minimum absolute atomic E-state index is 0.409. The highest BCUT2D eigenvalue weighted by molar-refractivity contribution is 5.84. The molecule has 1 aliphatic carbocycles. The molecule has 25 heavy (non-hydrogen) atoms. The Hall–Kier alpha value is -2.96. The summed E-state index contributed by atoms with van der Waals surface area (Å²) in [5, 5.41) is 14.6. The van der Waals surface area contributed by atoms with E-state index in [2.05, 4.69) is 32.8 Å². The van der Waals surface area contributed by atoms with Gasteiger partial charge in [0.05, 0.1) is 17.4 Å². The first kappa shape index (κ1) is 15.6. The fourth-order valence-corrected chi connectivity index (χ4v) is 3.13. The first-order valence-corrected chi connectivity index (χ1v) is 8.50. The van der Waals surface area contributed by atoms with Gasteiger partial charge in [0.2, 0.25) is 5.95 Å². The van der Waals surface area contributed by atoms with Crippen molar-refractivity contribution < 1.29 is 0 Å². The number of hydrogen-bond acceptors (Lipinski definition) is 6. The van der Waals surface area contributed by atoms with Gasteiger partial charge in [-0.25, -0.2) is 15.0 Å². The maximum Gasteiger partial charge on any atom is 0.241 e. The van der Waals surface area contributed by atoms with Crippen molar-refractivity contribution in [2.75, 3.05) is 17.7 Å². The van der Waals surface area contributed by atoms with Crippen molar-refractivity contribution in [3.63, 3.8) is 0 Å². The minimum atomic E-state index is 0.409. The summed E-state index contributed by atoms with van der Waals surface area (Å²) in [4.78, 5) is 4.48. The fraction of sp³-hybridized carbons (Fsp3) is 0.333. The van der Waals surface area contributed by atoms with E-state index in [0.717, 1.165) is 28.2 Å². The molecule has 1 fully saturated rings. The predicted molar refractivity (Wildman–Crippen MR) is 98.6 cm³/mol. The maximum atomic E-state index is 7.23. The molecule has 2 aromatic heterocycles. The summed E-state index contributed by atoms with van der Waals surface area (Å²) >= 11 is 0. The zero-order chi connectivity index (χ0) is 17.4. The van der Waals surface area contributed by atoms with E-state index in [1.807, 2.05) is 48.2 Å². The van der Waals surface area contributed by atoms with Gasteiger partial charge in [0.15, 0.2) is 0 Å². The lowest BCUT2D eigenvalue weighted by atomic mass is 10.1. The highest BCUT2D eigenvalue weighted by atomic mass is 15.3. The van der Waals surface area contributed by atoms with Gasteiger partial charge in [-0.2, -0.15) is 5.11 Å². The highest BCUT2D eigenvalue weighted by Crippen LogP contribution is 2.34. The van der Waals surface area contributed by atoms with Crippen LogP contribution in [0.2, 0.25) is 0 Å². The van der Waals surface area contributed by atoms with Crippen LogP contribution in [0, 0.1) is 11.4 Å². The normalized spacial score (nSPS) is 15.1. The molecule has 0 saturated heterocycles. The van der Waals surface area contributed by atoms with Gasteiger partial charge in [0, 0.05) is 24.8 Å². The molecule has 128 valence electrons. The molecule has 7 nitrogen and oxygen atoms in total. The number of rotatable bonds is 6. The van der Waals surface area contributed by atoms with Crippen LogP contribution in [0.4, 0.5) is 17.3 Å². The second-order valence-electron chi connectivity index (χ2n) is 6.51. The fourth-order valence-electron chi connectivity index (χ4n) is 3.13. The van der Waals surface area contributed by atoms with Crippen molar-refractivity contribution in [1.82, 2.24) is 14.6 Å². The van der Waals surface area contributed by atoms with Crippen molar-refractivity contribution in [3.05, 3.63) is 36.7 Å². The maximum absolute atomic E-state index is 7.23. The van der Waals surface area contributed by atoms with Crippen LogP contribution in [-0.2, 0) is 0 Å². The lowest BCUT2D eigenvalue weighted by Crippen LogP contribution is -2.19. The number of nitrogens with zero attached hydrogens (tertiary/aromatic N) is 4. The van der Waals surface area contributed by atoms with E-state index in [1.165, 1.54) is 12.8 Å². The number of fused-ring (bicyclic) bond motifs is 1. The van der Waals surface area contributed by atoms with E-state index >= 15 is 0 Å². The van der Waals surface area contributed by atoms with Crippen LogP contribution in [0.25, 0.3) is 16.6 Å². The van der Waals surface area contributed by atoms with Crippen LogP contribution < -0.4 is 10.6 Å². The molecule has 0 aliphatic heterocycles. The summed E-state index contributed by atoms with van der Waals surface area (Å²) in [6.07, 6.45) is 6.38. The van der Waals surface area contributed by atoms with Crippen LogP contribution >= 0.6 is 0 Å². The Balaban J connectivity index is 1.67. The zero-order valence-electron chi connectivity index (χ0n) is 14.3. The van der Waals surface area contributed by atoms with Gasteiger partial charge in [-0.3, -0.25) is 0 Å². The molecule has 0 unspecified atom stereocenters. The second kappa shape index (κ2) is 6.16. The van der Waals surface area contributed by atoms with Gasteiger partial charge in [-0.05, 0) is 49.4 Å². The molecule has 7 heteroatoms. The molecule has 0 spiro atoms. The first-order chi connectivity index (χ1) is 12.2. The van der Waals surface area contributed by atoms with Crippen LogP contribution in [0.5, 0.6) is 0 Å². The van der Waals surface area contributed by atoms with E-state index in [9.17, 15) is 0 Å². The lowest BCUT2D eigenvalue weighted by molar-refractivity contribution is 0.681. The van der Waals surface area contributed by atoms with E-state index in [0.29, 0.717) is 17.7 Å². The number of benzene rings is 1. The van der Waals surface area contributed by atoms with Crippen molar-refractivity contribution in [2.45, 2.75) is 25.8 Å². The largest absolute Gasteiger partial charge is 0.386 e. The van der Waals surface area contributed by atoms with Crippen LogP contribution in [-0.4, -0.2) is 27.7 Å². The molecule has 1 aromatic carbocycles. The Labute approximate surface area is 146 Å². The summed E-state index contributed by atoms with van der Waals surface area (Å²) in [5.74, 6) is 1.41. The van der Waals surface area contributed by atoms with Gasteiger partial charge >= 0.3 is 0 Å². The molecule has 0 radical (unpaired) electrons. The van der Waals surface area contributed by atoms with E-state index in [1.54, 1.807) is 0 Å². The number of nitrogens with one attached hydrogen (secondary N) is 3. The molecule has 1 atom stereocenters. The molecule has 3 aromatic rings. The van der Waals surface area contributed by atoms with Crippen molar-refractivity contribution >= 4 is 22.8 Å².